The maximum Gasteiger partial charge on any atom is 0.216 e. The first-order valence-corrected chi connectivity index (χ1v) is 26.3. The van der Waals surface area contributed by atoms with Gasteiger partial charge in [0.1, 0.15) is 0 Å². The number of imidazole rings is 1. The topological polar surface area (TPSA) is 56.7 Å². The third-order valence-corrected chi connectivity index (χ3v) is 14.2. The van der Waals surface area contributed by atoms with Crippen molar-refractivity contribution in [3.63, 3.8) is 0 Å². The van der Waals surface area contributed by atoms with Crippen molar-refractivity contribution in [2.45, 2.75) is 77.7 Å². The summed E-state index contributed by atoms with van der Waals surface area (Å²) < 4.78 is 10.3. The molecule has 4 aromatic heterocycles. The molecule has 0 aliphatic rings. The van der Waals surface area contributed by atoms with Crippen molar-refractivity contribution >= 4 is 50.8 Å². The molecule has 0 fully saturated rings. The first-order valence-electron chi connectivity index (χ1n) is 19.0. The molecule has 4 aromatic carbocycles. The second-order valence-electron chi connectivity index (χ2n) is 16.8. The number of hydrogen-bond acceptors (Lipinski definition) is 4. The van der Waals surface area contributed by atoms with Crippen LogP contribution in [0.25, 0.3) is 67.0 Å². The van der Waals surface area contributed by atoms with E-state index in [0.29, 0.717) is 11.6 Å². The molecule has 0 saturated carbocycles. The monoisotopic (exact) mass is 965 g/mol. The molecule has 1 radical (unpaired) electrons. The van der Waals surface area contributed by atoms with Gasteiger partial charge in [0, 0.05) is 36.6 Å². The second-order valence-corrected chi connectivity index (χ2v) is 27.4. The Morgan fingerprint density at radius 2 is 1.51 bits per heavy atom. The van der Waals surface area contributed by atoms with E-state index in [2.05, 4.69) is 155 Å². The van der Waals surface area contributed by atoms with Crippen LogP contribution in [0.15, 0.2) is 108 Å². The van der Waals surface area contributed by atoms with Crippen LogP contribution in [0.1, 0.15) is 51.3 Å². The van der Waals surface area contributed by atoms with E-state index in [-0.39, 0.29) is 25.6 Å². The Morgan fingerprint density at radius 3 is 2.18 bits per heavy atom. The van der Waals surface area contributed by atoms with Crippen molar-refractivity contribution in [1.82, 2.24) is 19.5 Å². The molecule has 0 atom stereocenters. The Hall–Kier alpha value is -4.36. The van der Waals surface area contributed by atoms with E-state index in [0.717, 1.165) is 67.7 Å². The number of nitrogens with zero attached hydrogens (tertiary/aromatic N) is 4. The molecule has 5 nitrogen and oxygen atoms in total. The first kappa shape index (κ1) is 40.3. The van der Waals surface area contributed by atoms with E-state index < -0.39 is 13.3 Å². The molecule has 0 aliphatic heterocycles. The Morgan fingerprint density at radius 1 is 0.782 bits per heavy atom. The number of fused-ring (bicyclic) bond motifs is 4. The van der Waals surface area contributed by atoms with Crippen LogP contribution in [-0.2, 0) is 32.1 Å². The van der Waals surface area contributed by atoms with Crippen LogP contribution in [-0.4, -0.2) is 32.8 Å². The van der Waals surface area contributed by atoms with Gasteiger partial charge >= 0.3 is 126 Å². The van der Waals surface area contributed by atoms with Crippen molar-refractivity contribution in [1.29, 1.82) is 0 Å². The maximum atomic E-state index is 6.45. The van der Waals surface area contributed by atoms with Crippen LogP contribution < -0.4 is 4.40 Å². The fourth-order valence-electron chi connectivity index (χ4n) is 7.50. The van der Waals surface area contributed by atoms with Gasteiger partial charge in [0.05, 0.1) is 28.1 Å². The van der Waals surface area contributed by atoms with E-state index >= 15 is 0 Å². The van der Waals surface area contributed by atoms with E-state index in [9.17, 15) is 0 Å². The summed E-state index contributed by atoms with van der Waals surface area (Å²) in [4.78, 5) is 14.7. The molecule has 0 aliphatic carbocycles. The standard InChI is InChI=1S/C30H26N3O.C18H24GeN.Ir/c1-18-10-8-11-19(2)26(18)24-17-16-21-20-12-9-13-22(27(20)34-29(21)32-24)28-31-23-14-6-7-15-25(23)33(28)30(3,4)5;1-14(2)11-16-12-18(15-9-7-6-8-10-15)20-13-17(16)19(3,4)5;/h6-12,14-17H,1-5H3;6-9,12-14H,11H2,1-5H3;/q2*-1;. The number of hydrogen-bond donors (Lipinski definition) is 0. The van der Waals surface area contributed by atoms with Crippen molar-refractivity contribution in [2.24, 2.45) is 5.92 Å². The van der Waals surface area contributed by atoms with Crippen LogP contribution >= 0.6 is 0 Å². The third kappa shape index (κ3) is 8.28. The molecular formula is C48H50GeIrN4O-2. The minimum Gasteiger partial charge on any atom is -0.486 e. The molecule has 0 amide bonds. The molecule has 0 spiro atoms. The number of pyridine rings is 2. The van der Waals surface area contributed by atoms with Gasteiger partial charge < -0.3 is 8.98 Å². The van der Waals surface area contributed by atoms with Gasteiger partial charge in [-0.2, -0.15) is 0 Å². The molecule has 283 valence electrons. The van der Waals surface area contributed by atoms with Crippen molar-refractivity contribution in [3.05, 3.63) is 132 Å². The predicted octanol–water partition coefficient (Wildman–Crippen LogP) is 12.1. The zero-order valence-electron chi connectivity index (χ0n) is 33.6. The minimum absolute atomic E-state index is 0. The van der Waals surface area contributed by atoms with Gasteiger partial charge in [0.25, 0.3) is 0 Å². The van der Waals surface area contributed by atoms with E-state index in [1.165, 1.54) is 16.7 Å². The molecule has 7 heteroatoms. The summed E-state index contributed by atoms with van der Waals surface area (Å²) in [6.45, 7) is 15.4. The molecule has 8 aromatic rings. The van der Waals surface area contributed by atoms with Crippen LogP contribution in [0.4, 0.5) is 0 Å². The van der Waals surface area contributed by atoms with E-state index in [1.54, 1.807) is 4.40 Å². The minimum atomic E-state index is -1.86. The Bertz CT molecular complexity index is 2590. The normalized spacial score (nSPS) is 11.9. The number of para-hydroxylation sites is 2. The zero-order valence-corrected chi connectivity index (χ0v) is 38.1. The van der Waals surface area contributed by atoms with Crippen molar-refractivity contribution in [2.75, 3.05) is 0 Å². The molecule has 55 heavy (non-hydrogen) atoms. The first-order chi connectivity index (χ1) is 25.7. The summed E-state index contributed by atoms with van der Waals surface area (Å²) in [5.41, 5.74) is 12.3. The molecule has 0 saturated heterocycles. The third-order valence-electron chi connectivity index (χ3n) is 9.90. The van der Waals surface area contributed by atoms with Crippen molar-refractivity contribution in [3.8, 4) is 33.9 Å². The Balaban J connectivity index is 0.000000211. The molecule has 0 unspecified atom stereocenters. The second kappa shape index (κ2) is 16.0. The summed E-state index contributed by atoms with van der Waals surface area (Å²) in [6, 6.07) is 39.9. The van der Waals surface area contributed by atoms with Gasteiger partial charge in [0.2, 0.25) is 5.71 Å². The molecule has 0 N–H and O–H groups in total. The molecule has 0 bridgehead atoms. The van der Waals surface area contributed by atoms with Crippen molar-refractivity contribution < 1.29 is 24.5 Å². The number of rotatable bonds is 6. The van der Waals surface area contributed by atoms with E-state index in [1.807, 2.05) is 30.3 Å². The van der Waals surface area contributed by atoms with Gasteiger partial charge in [-0.1, -0.05) is 41.3 Å². The molecule has 8 rings (SSSR count). The number of aryl methyl sites for hydroxylation is 2. The van der Waals surface area contributed by atoms with Crippen LogP contribution in [0, 0.1) is 31.9 Å². The zero-order chi connectivity index (χ0) is 38.4. The van der Waals surface area contributed by atoms with Gasteiger partial charge in [-0.25, -0.2) is 4.98 Å². The van der Waals surface area contributed by atoms with Crippen LogP contribution in [0.2, 0.25) is 17.3 Å². The Kier molecular flexibility index (Phi) is 11.7. The fraction of sp³-hybridized carbons (Fsp3) is 0.271. The predicted molar refractivity (Wildman–Crippen MR) is 229 cm³/mol. The summed E-state index contributed by atoms with van der Waals surface area (Å²) in [7, 11) is 0. The summed E-state index contributed by atoms with van der Waals surface area (Å²) in [5, 5.41) is 2.02. The van der Waals surface area contributed by atoms with Crippen LogP contribution in [0.3, 0.4) is 0 Å². The summed E-state index contributed by atoms with van der Waals surface area (Å²) in [5.74, 6) is 8.85. The number of benzene rings is 4. The average molecular weight is 964 g/mol. The van der Waals surface area contributed by atoms with E-state index in [4.69, 9.17) is 19.4 Å². The summed E-state index contributed by atoms with van der Waals surface area (Å²) >= 11 is -1.86. The largest absolute Gasteiger partial charge is 0.486 e. The average Bonchev–Trinajstić information content (AvgIpc) is 3.70. The Labute approximate surface area is 342 Å². The quantitative estimate of drug-likeness (QED) is 0.123. The van der Waals surface area contributed by atoms with Gasteiger partial charge in [-0.05, 0) is 70.0 Å². The smallest absolute Gasteiger partial charge is 0.216 e. The van der Waals surface area contributed by atoms with Gasteiger partial charge in [-0.3, -0.25) is 4.98 Å². The van der Waals surface area contributed by atoms with Crippen LogP contribution in [0.5, 0.6) is 0 Å². The number of aromatic nitrogens is 4. The van der Waals surface area contributed by atoms with Gasteiger partial charge in [-0.15, -0.1) is 18.2 Å². The SMILES string of the molecule is CC(C)Cc1cc(-c2[c-]cccc2)nc[c]1[Ge]([CH3])([CH3])[CH3].Cc1cccc(C)c1-c1ccc2c(n1)oc1c(-c3nc4ccccc4n3C(C)(C)C)[c-]ccc12.[Ir]. The molecule has 4 heterocycles. The summed E-state index contributed by atoms with van der Waals surface area (Å²) in [6.07, 6.45) is 3.27. The fourth-order valence-corrected chi connectivity index (χ4v) is 10.8. The van der Waals surface area contributed by atoms with Gasteiger partial charge in [0.15, 0.2) is 0 Å². The maximum absolute atomic E-state index is 6.45. The molecular weight excluding hydrogens is 913 g/mol. The number of furan rings is 1.